The van der Waals surface area contributed by atoms with Crippen LogP contribution in [-0.4, -0.2) is 27.8 Å². The van der Waals surface area contributed by atoms with Crippen molar-refractivity contribution in [1.29, 1.82) is 0 Å². The van der Waals surface area contributed by atoms with Gasteiger partial charge in [0.2, 0.25) is 0 Å². The Hall–Kier alpha value is -1.26. The first-order valence-corrected chi connectivity index (χ1v) is 6.68. The average molecular weight is 266 g/mol. The van der Waals surface area contributed by atoms with Crippen LogP contribution in [0.4, 0.5) is 0 Å². The van der Waals surface area contributed by atoms with E-state index in [1.165, 1.54) is 0 Å². The summed E-state index contributed by atoms with van der Waals surface area (Å²) in [6.07, 6.45) is 0. The molecule has 4 heteroatoms. The van der Waals surface area contributed by atoms with Crippen molar-refractivity contribution in [2.45, 2.75) is 19.9 Å². The largest absolute Gasteiger partial charge is 0.497 e. The molecule has 2 atom stereocenters. The van der Waals surface area contributed by atoms with Gasteiger partial charge in [-0.05, 0) is 43.6 Å². The predicted molar refractivity (Wildman–Crippen MR) is 78.7 cm³/mol. The molecule has 108 valence electrons. The minimum Gasteiger partial charge on any atom is -0.497 e. The van der Waals surface area contributed by atoms with Gasteiger partial charge >= 0.3 is 0 Å². The number of benzene rings is 1. The normalized spacial score (nSPS) is 14.3. The minimum atomic E-state index is 0.148. The van der Waals surface area contributed by atoms with Crippen molar-refractivity contribution >= 4 is 0 Å². The van der Waals surface area contributed by atoms with Gasteiger partial charge in [-0.1, -0.05) is 13.8 Å². The van der Waals surface area contributed by atoms with E-state index < -0.39 is 0 Å². The molecule has 0 aromatic heterocycles. The summed E-state index contributed by atoms with van der Waals surface area (Å²) in [6, 6.07) is 6.01. The maximum absolute atomic E-state index is 5.94. The Balaban J connectivity index is 3.21. The van der Waals surface area contributed by atoms with Crippen LogP contribution in [0.3, 0.4) is 0 Å². The number of nitrogens with two attached hydrogens (primary N) is 1. The Morgan fingerprint density at radius 3 is 2.32 bits per heavy atom. The van der Waals surface area contributed by atoms with E-state index in [1.54, 1.807) is 14.2 Å². The van der Waals surface area contributed by atoms with Gasteiger partial charge < -0.3 is 20.5 Å². The quantitative estimate of drug-likeness (QED) is 0.794. The molecule has 0 fully saturated rings. The molecule has 0 radical (unpaired) electrons. The summed E-state index contributed by atoms with van der Waals surface area (Å²) in [7, 11) is 5.31. The van der Waals surface area contributed by atoms with Crippen molar-refractivity contribution in [1.82, 2.24) is 5.32 Å². The molecule has 0 aliphatic carbocycles. The number of hydrogen-bond acceptors (Lipinski definition) is 4. The number of methoxy groups -OCH3 is 2. The molecule has 19 heavy (non-hydrogen) atoms. The summed E-state index contributed by atoms with van der Waals surface area (Å²) in [5, 5.41) is 3.36. The Morgan fingerprint density at radius 2 is 1.89 bits per heavy atom. The standard InChI is InChI=1S/C15H26N2O2/c1-10(2)13(9-16)15(17-3)12-8-11(18-4)6-7-14(12)19-5/h6-8,10,13,15,17H,9,16H2,1-5H3. The number of rotatable bonds is 7. The smallest absolute Gasteiger partial charge is 0.123 e. The van der Waals surface area contributed by atoms with Crippen molar-refractivity contribution in [3.63, 3.8) is 0 Å². The van der Waals surface area contributed by atoms with Crippen molar-refractivity contribution in [3.05, 3.63) is 23.8 Å². The third-order valence-corrected chi connectivity index (χ3v) is 3.64. The van der Waals surface area contributed by atoms with Gasteiger partial charge in [0.1, 0.15) is 11.5 Å². The van der Waals surface area contributed by atoms with Crippen molar-refractivity contribution in [3.8, 4) is 11.5 Å². The fraction of sp³-hybridized carbons (Fsp3) is 0.600. The highest BCUT2D eigenvalue weighted by Gasteiger charge is 2.26. The molecule has 0 spiro atoms. The van der Waals surface area contributed by atoms with Gasteiger partial charge in [-0.2, -0.15) is 0 Å². The van der Waals surface area contributed by atoms with E-state index in [0.29, 0.717) is 18.4 Å². The van der Waals surface area contributed by atoms with Crippen molar-refractivity contribution < 1.29 is 9.47 Å². The van der Waals surface area contributed by atoms with Crippen LogP contribution < -0.4 is 20.5 Å². The van der Waals surface area contributed by atoms with E-state index in [0.717, 1.165) is 17.1 Å². The number of hydrogen-bond donors (Lipinski definition) is 2. The minimum absolute atomic E-state index is 0.148. The van der Waals surface area contributed by atoms with E-state index in [-0.39, 0.29) is 6.04 Å². The summed E-state index contributed by atoms with van der Waals surface area (Å²) in [6.45, 7) is 5.01. The van der Waals surface area contributed by atoms with E-state index in [4.69, 9.17) is 15.2 Å². The molecule has 0 saturated carbocycles. The third kappa shape index (κ3) is 3.61. The van der Waals surface area contributed by atoms with Crippen molar-refractivity contribution in [2.24, 2.45) is 17.6 Å². The van der Waals surface area contributed by atoms with Gasteiger partial charge in [0.15, 0.2) is 0 Å². The highest BCUT2D eigenvalue weighted by Crippen LogP contribution is 2.35. The summed E-state index contributed by atoms with van der Waals surface area (Å²) >= 11 is 0. The highest BCUT2D eigenvalue weighted by molar-refractivity contribution is 5.42. The SMILES string of the molecule is CNC(c1cc(OC)ccc1OC)C(CN)C(C)C. The van der Waals surface area contributed by atoms with Crippen LogP contribution in [0, 0.1) is 11.8 Å². The molecule has 0 aliphatic rings. The molecule has 3 N–H and O–H groups in total. The molecule has 0 bridgehead atoms. The van der Waals surface area contributed by atoms with Crippen LogP contribution in [0.15, 0.2) is 18.2 Å². The van der Waals surface area contributed by atoms with Crippen LogP contribution in [0.25, 0.3) is 0 Å². The number of nitrogens with one attached hydrogen (secondary N) is 1. The molecule has 1 rings (SSSR count). The summed E-state index contributed by atoms with van der Waals surface area (Å²) < 4.78 is 10.8. The van der Waals surface area contributed by atoms with E-state index in [1.807, 2.05) is 25.2 Å². The van der Waals surface area contributed by atoms with Crippen LogP contribution >= 0.6 is 0 Å². The van der Waals surface area contributed by atoms with Crippen LogP contribution in [0.2, 0.25) is 0 Å². The zero-order valence-electron chi connectivity index (χ0n) is 12.6. The lowest BCUT2D eigenvalue weighted by Crippen LogP contribution is -2.34. The molecule has 2 unspecified atom stereocenters. The fourth-order valence-electron chi connectivity index (χ4n) is 2.48. The second-order valence-corrected chi connectivity index (χ2v) is 5.02. The summed E-state index contributed by atoms with van der Waals surface area (Å²) in [5.41, 5.74) is 7.03. The molecule has 0 amide bonds. The van der Waals surface area contributed by atoms with Gasteiger partial charge in [0.25, 0.3) is 0 Å². The van der Waals surface area contributed by atoms with Crippen LogP contribution in [0.5, 0.6) is 11.5 Å². The maximum atomic E-state index is 5.94. The first kappa shape index (κ1) is 15.8. The molecule has 1 aromatic carbocycles. The monoisotopic (exact) mass is 266 g/mol. The Kier molecular flexibility index (Phi) is 6.12. The van der Waals surface area contributed by atoms with Gasteiger partial charge in [0.05, 0.1) is 14.2 Å². The third-order valence-electron chi connectivity index (χ3n) is 3.64. The topological polar surface area (TPSA) is 56.5 Å². The van der Waals surface area contributed by atoms with Gasteiger partial charge in [-0.3, -0.25) is 0 Å². The average Bonchev–Trinajstić information content (AvgIpc) is 2.43. The Labute approximate surface area is 116 Å². The number of ether oxygens (including phenoxy) is 2. The molecule has 0 saturated heterocycles. The van der Waals surface area contributed by atoms with E-state index in [9.17, 15) is 0 Å². The van der Waals surface area contributed by atoms with Crippen molar-refractivity contribution in [2.75, 3.05) is 27.8 Å². The Bertz CT molecular complexity index is 394. The molecular formula is C15H26N2O2. The molecule has 1 aromatic rings. The van der Waals surface area contributed by atoms with Gasteiger partial charge in [-0.25, -0.2) is 0 Å². The predicted octanol–water partition coefficient (Wildman–Crippen LogP) is 2.20. The second kappa shape index (κ2) is 7.36. The van der Waals surface area contributed by atoms with E-state index >= 15 is 0 Å². The first-order valence-electron chi connectivity index (χ1n) is 6.68. The first-order chi connectivity index (χ1) is 9.08. The van der Waals surface area contributed by atoms with Gasteiger partial charge in [0, 0.05) is 11.6 Å². The fourth-order valence-corrected chi connectivity index (χ4v) is 2.48. The second-order valence-electron chi connectivity index (χ2n) is 5.02. The lowest BCUT2D eigenvalue weighted by Gasteiger charge is -2.30. The lowest BCUT2D eigenvalue weighted by molar-refractivity contribution is 0.289. The zero-order chi connectivity index (χ0) is 14.4. The summed E-state index contributed by atoms with van der Waals surface area (Å²) in [5.74, 6) is 2.51. The van der Waals surface area contributed by atoms with Gasteiger partial charge in [-0.15, -0.1) is 0 Å². The van der Waals surface area contributed by atoms with E-state index in [2.05, 4.69) is 19.2 Å². The zero-order valence-corrected chi connectivity index (χ0v) is 12.6. The summed E-state index contributed by atoms with van der Waals surface area (Å²) in [4.78, 5) is 0. The maximum Gasteiger partial charge on any atom is 0.123 e. The molecular weight excluding hydrogens is 240 g/mol. The molecule has 0 heterocycles. The highest BCUT2D eigenvalue weighted by atomic mass is 16.5. The molecule has 4 nitrogen and oxygen atoms in total. The van der Waals surface area contributed by atoms with Crippen LogP contribution in [0.1, 0.15) is 25.5 Å². The lowest BCUT2D eigenvalue weighted by atomic mass is 9.84. The Morgan fingerprint density at radius 1 is 1.21 bits per heavy atom. The van der Waals surface area contributed by atoms with Crippen LogP contribution in [-0.2, 0) is 0 Å². The molecule has 0 aliphatic heterocycles.